The van der Waals surface area contributed by atoms with Crippen molar-refractivity contribution in [2.24, 2.45) is 5.92 Å². The van der Waals surface area contributed by atoms with Crippen molar-refractivity contribution < 1.29 is 9.53 Å². The van der Waals surface area contributed by atoms with Crippen molar-refractivity contribution in [2.75, 3.05) is 13.2 Å². The summed E-state index contributed by atoms with van der Waals surface area (Å²) in [6.07, 6.45) is 0. The molecule has 0 spiro atoms. The summed E-state index contributed by atoms with van der Waals surface area (Å²) < 4.78 is 5.26. The quantitative estimate of drug-likeness (QED) is 0.752. The van der Waals surface area contributed by atoms with E-state index in [1.54, 1.807) is 18.2 Å². The molecule has 4 heteroatoms. The average molecular weight is 261 g/mol. The molecule has 0 heterocycles. The van der Waals surface area contributed by atoms with Gasteiger partial charge in [0.15, 0.2) is 5.78 Å². The Morgan fingerprint density at radius 2 is 2.00 bits per heavy atom. The number of rotatable bonds is 5. The molecule has 2 nitrogen and oxygen atoms in total. The zero-order chi connectivity index (χ0) is 12.1. The van der Waals surface area contributed by atoms with E-state index < -0.39 is 0 Å². The van der Waals surface area contributed by atoms with E-state index in [-0.39, 0.29) is 12.4 Å². The van der Waals surface area contributed by atoms with Gasteiger partial charge in [0.2, 0.25) is 0 Å². The van der Waals surface area contributed by atoms with Gasteiger partial charge in [0.1, 0.15) is 6.61 Å². The third-order valence-corrected chi connectivity index (χ3v) is 2.66. The highest BCUT2D eigenvalue weighted by Crippen LogP contribution is 2.22. The number of halogens is 2. The summed E-state index contributed by atoms with van der Waals surface area (Å²) in [6, 6.07) is 4.82. The van der Waals surface area contributed by atoms with Crippen molar-refractivity contribution in [1.82, 2.24) is 0 Å². The van der Waals surface area contributed by atoms with E-state index >= 15 is 0 Å². The SMILES string of the molecule is CC(C)COCC(=O)c1ccc(Cl)c(Cl)c1. The van der Waals surface area contributed by atoms with Crippen LogP contribution < -0.4 is 0 Å². The number of hydrogen-bond acceptors (Lipinski definition) is 2. The van der Waals surface area contributed by atoms with Crippen LogP contribution in [0.25, 0.3) is 0 Å². The lowest BCUT2D eigenvalue weighted by Gasteiger charge is -2.06. The number of ether oxygens (including phenoxy) is 1. The topological polar surface area (TPSA) is 26.3 Å². The molecule has 1 aromatic carbocycles. The zero-order valence-corrected chi connectivity index (χ0v) is 10.8. The Balaban J connectivity index is 2.56. The van der Waals surface area contributed by atoms with Crippen LogP contribution >= 0.6 is 23.2 Å². The molecular weight excluding hydrogens is 247 g/mol. The molecule has 0 saturated carbocycles. The Hall–Kier alpha value is -0.570. The molecule has 0 unspecified atom stereocenters. The molecule has 0 amide bonds. The second-order valence-electron chi connectivity index (χ2n) is 3.96. The lowest BCUT2D eigenvalue weighted by atomic mass is 10.1. The number of Topliss-reactive ketones (excluding diaryl/α,β-unsaturated/α-hetero) is 1. The van der Waals surface area contributed by atoms with Crippen LogP contribution in [0.4, 0.5) is 0 Å². The molecule has 0 bridgehead atoms. The van der Waals surface area contributed by atoms with Crippen LogP contribution in [0, 0.1) is 5.92 Å². The van der Waals surface area contributed by atoms with Gasteiger partial charge in [-0.15, -0.1) is 0 Å². The van der Waals surface area contributed by atoms with Crippen LogP contribution in [0.5, 0.6) is 0 Å². The Kier molecular flexibility index (Phi) is 5.26. The molecule has 0 aliphatic carbocycles. The molecule has 0 N–H and O–H groups in total. The second kappa shape index (κ2) is 6.24. The van der Waals surface area contributed by atoms with E-state index in [9.17, 15) is 4.79 Å². The zero-order valence-electron chi connectivity index (χ0n) is 9.30. The molecule has 16 heavy (non-hydrogen) atoms. The predicted molar refractivity (Wildman–Crippen MR) is 66.4 cm³/mol. The van der Waals surface area contributed by atoms with Crippen molar-refractivity contribution in [3.63, 3.8) is 0 Å². The van der Waals surface area contributed by atoms with Gasteiger partial charge < -0.3 is 4.74 Å². The summed E-state index contributed by atoms with van der Waals surface area (Å²) in [4.78, 5) is 11.7. The van der Waals surface area contributed by atoms with Crippen LogP contribution in [0.15, 0.2) is 18.2 Å². The van der Waals surface area contributed by atoms with Gasteiger partial charge in [0, 0.05) is 12.2 Å². The van der Waals surface area contributed by atoms with Crippen molar-refractivity contribution in [2.45, 2.75) is 13.8 Å². The first-order chi connectivity index (χ1) is 7.50. The fourth-order valence-electron chi connectivity index (χ4n) is 1.14. The van der Waals surface area contributed by atoms with Crippen molar-refractivity contribution in [3.8, 4) is 0 Å². The molecule has 88 valence electrons. The van der Waals surface area contributed by atoms with Gasteiger partial charge in [0.05, 0.1) is 10.0 Å². The first-order valence-corrected chi connectivity index (χ1v) is 5.82. The molecule has 0 atom stereocenters. The molecular formula is C12H14Cl2O2. The van der Waals surface area contributed by atoms with E-state index in [0.717, 1.165) is 0 Å². The number of hydrogen-bond donors (Lipinski definition) is 0. The number of benzene rings is 1. The summed E-state index contributed by atoms with van der Waals surface area (Å²) >= 11 is 11.6. The largest absolute Gasteiger partial charge is 0.373 e. The Bertz CT molecular complexity index is 375. The first kappa shape index (κ1) is 13.5. The smallest absolute Gasteiger partial charge is 0.188 e. The molecule has 0 fully saturated rings. The van der Waals surface area contributed by atoms with Gasteiger partial charge in [-0.25, -0.2) is 0 Å². The van der Waals surface area contributed by atoms with Gasteiger partial charge in [-0.05, 0) is 24.1 Å². The van der Waals surface area contributed by atoms with E-state index in [1.165, 1.54) is 0 Å². The lowest BCUT2D eigenvalue weighted by molar-refractivity contribution is 0.0705. The average Bonchev–Trinajstić information content (AvgIpc) is 2.21. The minimum atomic E-state index is -0.0841. The van der Waals surface area contributed by atoms with Crippen LogP contribution in [-0.2, 0) is 4.74 Å². The van der Waals surface area contributed by atoms with E-state index in [0.29, 0.717) is 28.1 Å². The van der Waals surface area contributed by atoms with Gasteiger partial charge in [-0.2, -0.15) is 0 Å². The molecule has 0 aliphatic heterocycles. The summed E-state index contributed by atoms with van der Waals surface area (Å²) in [5, 5.41) is 0.831. The van der Waals surface area contributed by atoms with E-state index in [2.05, 4.69) is 0 Å². The summed E-state index contributed by atoms with van der Waals surface area (Å²) in [6.45, 7) is 4.72. The monoisotopic (exact) mass is 260 g/mol. The second-order valence-corrected chi connectivity index (χ2v) is 4.78. The van der Waals surface area contributed by atoms with E-state index in [1.807, 2.05) is 13.8 Å². The maximum absolute atomic E-state index is 11.7. The number of carbonyl (C=O) groups is 1. The maximum atomic E-state index is 11.7. The summed E-state index contributed by atoms with van der Waals surface area (Å²) in [5.41, 5.74) is 0.526. The highest BCUT2D eigenvalue weighted by molar-refractivity contribution is 6.42. The van der Waals surface area contributed by atoms with Crippen LogP contribution in [0.3, 0.4) is 0 Å². The fraction of sp³-hybridized carbons (Fsp3) is 0.417. The van der Waals surface area contributed by atoms with Crippen molar-refractivity contribution in [1.29, 1.82) is 0 Å². The first-order valence-electron chi connectivity index (χ1n) is 5.06. The predicted octanol–water partition coefficient (Wildman–Crippen LogP) is 3.85. The van der Waals surface area contributed by atoms with Gasteiger partial charge in [0.25, 0.3) is 0 Å². The van der Waals surface area contributed by atoms with Crippen LogP contribution in [0.2, 0.25) is 10.0 Å². The van der Waals surface area contributed by atoms with Crippen molar-refractivity contribution in [3.05, 3.63) is 33.8 Å². The van der Waals surface area contributed by atoms with Gasteiger partial charge >= 0.3 is 0 Å². The maximum Gasteiger partial charge on any atom is 0.188 e. The van der Waals surface area contributed by atoms with Crippen LogP contribution in [0.1, 0.15) is 24.2 Å². The van der Waals surface area contributed by atoms with Gasteiger partial charge in [-0.1, -0.05) is 37.0 Å². The number of carbonyl (C=O) groups excluding carboxylic acids is 1. The molecule has 0 radical (unpaired) electrons. The highest BCUT2D eigenvalue weighted by Gasteiger charge is 2.08. The third-order valence-electron chi connectivity index (χ3n) is 1.93. The normalized spacial score (nSPS) is 10.8. The fourth-order valence-corrected chi connectivity index (χ4v) is 1.44. The molecule has 0 aliphatic rings. The molecule has 0 saturated heterocycles. The minimum absolute atomic E-state index is 0.0795. The molecule has 1 rings (SSSR count). The standard InChI is InChI=1S/C12H14Cl2O2/c1-8(2)6-16-7-12(15)9-3-4-10(13)11(14)5-9/h3-5,8H,6-7H2,1-2H3. The van der Waals surface area contributed by atoms with E-state index in [4.69, 9.17) is 27.9 Å². The molecule has 0 aromatic heterocycles. The lowest BCUT2D eigenvalue weighted by Crippen LogP contribution is -2.12. The number of ketones is 1. The summed E-state index contributed by atoms with van der Waals surface area (Å²) in [5.74, 6) is 0.334. The Morgan fingerprint density at radius 1 is 1.31 bits per heavy atom. The van der Waals surface area contributed by atoms with Crippen LogP contribution in [-0.4, -0.2) is 19.0 Å². The summed E-state index contributed by atoms with van der Waals surface area (Å²) in [7, 11) is 0. The highest BCUT2D eigenvalue weighted by atomic mass is 35.5. The Labute approximate surface area is 106 Å². The van der Waals surface area contributed by atoms with Gasteiger partial charge in [-0.3, -0.25) is 4.79 Å². The molecule has 1 aromatic rings. The third kappa shape index (κ3) is 4.12. The Morgan fingerprint density at radius 3 is 2.56 bits per heavy atom. The van der Waals surface area contributed by atoms with Crippen molar-refractivity contribution >= 4 is 29.0 Å². The minimum Gasteiger partial charge on any atom is -0.373 e.